The number of allylic oxidation sites excluding steroid dienone is 3. The molecule has 0 saturated carbocycles. The van der Waals surface area contributed by atoms with E-state index in [1.807, 2.05) is 30.4 Å². The van der Waals surface area contributed by atoms with Gasteiger partial charge in [0, 0.05) is 41.7 Å². The molecule has 2 aliphatic rings. The minimum atomic E-state index is -0.241. The van der Waals surface area contributed by atoms with Gasteiger partial charge in [-0.25, -0.2) is 0 Å². The molecule has 0 spiro atoms. The third kappa shape index (κ3) is 8.89. The van der Waals surface area contributed by atoms with Crippen molar-refractivity contribution in [2.24, 2.45) is 0 Å². The van der Waals surface area contributed by atoms with E-state index in [-0.39, 0.29) is 18.6 Å². The zero-order valence-corrected chi connectivity index (χ0v) is 26.8. The van der Waals surface area contributed by atoms with Crippen LogP contribution < -0.4 is 25.4 Å². The van der Waals surface area contributed by atoms with Crippen LogP contribution in [0, 0.1) is 11.3 Å². The number of fused-ring (bicyclic) bond motifs is 1. The van der Waals surface area contributed by atoms with Crippen LogP contribution in [0.2, 0.25) is 5.02 Å². The zero-order valence-electron chi connectivity index (χ0n) is 25.3. The number of aromatic nitrogens is 1. The van der Waals surface area contributed by atoms with E-state index in [0.717, 1.165) is 43.5 Å². The molecule has 2 aliphatic heterocycles. The molecule has 2 saturated heterocycles. The van der Waals surface area contributed by atoms with Gasteiger partial charge in [0.15, 0.2) is 0 Å². The summed E-state index contributed by atoms with van der Waals surface area (Å²) in [5.41, 5.74) is 4.39. The Labute approximate surface area is 278 Å². The van der Waals surface area contributed by atoms with Crippen LogP contribution >= 0.6 is 23.2 Å². The molecule has 1 unspecified atom stereocenters. The molecular formula is C35H35Cl2N5O4. The van der Waals surface area contributed by atoms with Gasteiger partial charge >= 0.3 is 0 Å². The van der Waals surface area contributed by atoms with E-state index in [9.17, 15) is 10.1 Å². The van der Waals surface area contributed by atoms with Crippen molar-refractivity contribution < 1.29 is 19.0 Å². The van der Waals surface area contributed by atoms with Crippen LogP contribution in [-0.4, -0.2) is 55.8 Å². The summed E-state index contributed by atoms with van der Waals surface area (Å²) in [5.74, 6) is 1.17. The molecule has 0 radical (unpaired) electrons. The highest BCUT2D eigenvalue weighted by Gasteiger charge is 2.22. The lowest BCUT2D eigenvalue weighted by molar-refractivity contribution is -0.112. The lowest BCUT2D eigenvalue weighted by Crippen LogP contribution is -2.24. The molecule has 1 atom stereocenters. The van der Waals surface area contributed by atoms with Gasteiger partial charge in [-0.2, -0.15) is 5.26 Å². The normalized spacial score (nSPS) is 16.5. The number of carbonyl (C=O) groups is 1. The molecule has 1 aromatic heterocycles. The number of hydrogen-bond donors (Lipinski definition) is 3. The Bertz CT molecular complexity index is 1720. The number of ether oxygens (including phenoxy) is 3. The fourth-order valence-corrected chi connectivity index (χ4v) is 5.38. The van der Waals surface area contributed by atoms with Gasteiger partial charge in [0.2, 0.25) is 5.91 Å². The van der Waals surface area contributed by atoms with Gasteiger partial charge in [-0.05, 0) is 55.8 Å². The van der Waals surface area contributed by atoms with Crippen molar-refractivity contribution in [3.63, 3.8) is 0 Å². The van der Waals surface area contributed by atoms with Crippen molar-refractivity contribution in [3.8, 4) is 17.6 Å². The van der Waals surface area contributed by atoms with Gasteiger partial charge in [-0.1, -0.05) is 48.1 Å². The second-order valence-electron chi connectivity index (χ2n) is 10.8. The summed E-state index contributed by atoms with van der Waals surface area (Å²) < 4.78 is 17.6. The van der Waals surface area contributed by atoms with E-state index in [2.05, 4.69) is 33.6 Å². The summed E-state index contributed by atoms with van der Waals surface area (Å²) >= 11 is 12.2. The molecule has 3 aromatic rings. The third-order valence-electron chi connectivity index (χ3n) is 7.39. The number of piperidine rings is 1. The van der Waals surface area contributed by atoms with Crippen LogP contribution in [0.25, 0.3) is 10.9 Å². The highest BCUT2D eigenvalue weighted by atomic mass is 35.5. The summed E-state index contributed by atoms with van der Waals surface area (Å²) in [5, 5.41) is 20.6. The lowest BCUT2D eigenvalue weighted by atomic mass is 10.0. The number of halogens is 2. The van der Waals surface area contributed by atoms with Crippen molar-refractivity contribution >= 4 is 57.1 Å². The van der Waals surface area contributed by atoms with Crippen molar-refractivity contribution in [3.05, 3.63) is 95.2 Å². The maximum atomic E-state index is 13.1. The number of pyridine rings is 1. The van der Waals surface area contributed by atoms with E-state index < -0.39 is 0 Å². The average Bonchev–Trinajstić information content (AvgIpc) is 3.57. The van der Waals surface area contributed by atoms with E-state index >= 15 is 0 Å². The van der Waals surface area contributed by atoms with Crippen LogP contribution in [0.15, 0.2) is 84.6 Å². The zero-order chi connectivity index (χ0) is 32.3. The average molecular weight is 661 g/mol. The number of nitrogens with one attached hydrogen (secondary N) is 3. The molecule has 238 valence electrons. The summed E-state index contributed by atoms with van der Waals surface area (Å²) in [7, 11) is 0. The summed E-state index contributed by atoms with van der Waals surface area (Å²) in [6.45, 7) is 7.02. The SMILES string of the molecule is C=C(/C=C\C=C/CCl)COc1ccc(Nc2c(C#N)cnc3cc(OC4CCOC4)c(NC(=O)C=C4CCNCC4)cc23)cc1Cl. The fraction of sp³-hybridized carbons (Fsp3) is 0.286. The monoisotopic (exact) mass is 659 g/mol. The second-order valence-corrected chi connectivity index (χ2v) is 11.5. The van der Waals surface area contributed by atoms with Crippen LogP contribution in [0.5, 0.6) is 11.5 Å². The van der Waals surface area contributed by atoms with Gasteiger partial charge in [-0.3, -0.25) is 9.78 Å². The molecule has 2 fully saturated rings. The Morgan fingerprint density at radius 2 is 2.07 bits per heavy atom. The van der Waals surface area contributed by atoms with Gasteiger partial charge in [0.05, 0.1) is 40.7 Å². The minimum absolute atomic E-state index is 0.143. The number of anilines is 3. The fourth-order valence-electron chi connectivity index (χ4n) is 5.05. The van der Waals surface area contributed by atoms with Crippen LogP contribution in [0.4, 0.5) is 17.1 Å². The number of amides is 1. The minimum Gasteiger partial charge on any atom is -0.487 e. The molecule has 46 heavy (non-hydrogen) atoms. The number of rotatable bonds is 12. The number of nitriles is 1. The highest BCUT2D eigenvalue weighted by molar-refractivity contribution is 6.32. The lowest BCUT2D eigenvalue weighted by Gasteiger charge is -2.19. The smallest absolute Gasteiger partial charge is 0.248 e. The van der Waals surface area contributed by atoms with Gasteiger partial charge in [0.25, 0.3) is 0 Å². The Hall–Kier alpha value is -4.33. The molecule has 3 heterocycles. The third-order valence-corrected chi connectivity index (χ3v) is 7.87. The largest absolute Gasteiger partial charge is 0.487 e. The van der Waals surface area contributed by atoms with E-state index in [1.165, 1.54) is 6.20 Å². The van der Waals surface area contributed by atoms with Crippen molar-refractivity contribution in [2.45, 2.75) is 25.4 Å². The molecule has 0 bridgehead atoms. The Morgan fingerprint density at radius 3 is 2.80 bits per heavy atom. The van der Waals surface area contributed by atoms with Gasteiger partial charge in [0.1, 0.15) is 30.3 Å². The van der Waals surface area contributed by atoms with Gasteiger partial charge in [-0.15, -0.1) is 11.6 Å². The first-order valence-electron chi connectivity index (χ1n) is 15.0. The first-order chi connectivity index (χ1) is 22.4. The topological polar surface area (TPSA) is 118 Å². The molecule has 5 rings (SSSR count). The molecule has 11 heteroatoms. The van der Waals surface area contributed by atoms with E-state index in [4.69, 9.17) is 37.4 Å². The standard InChI is InChI=1S/C35H35Cl2N5O4/c1-23(5-3-2-4-11-36)21-45-32-7-6-26(16-29(32)37)41-35-25(19-38)20-40-30-18-33(46-27-10-14-44-22-27)31(17-28(30)35)42-34(43)15-24-8-12-39-13-9-24/h2-7,15-18,20,27,39H,1,8-14,21-22H2,(H,40,41)(H,42,43)/b4-2-,5-3-. The predicted molar refractivity (Wildman–Crippen MR) is 183 cm³/mol. The predicted octanol–water partition coefficient (Wildman–Crippen LogP) is 7.21. The van der Waals surface area contributed by atoms with Crippen molar-refractivity contribution in [1.29, 1.82) is 5.26 Å². The number of benzene rings is 2. The van der Waals surface area contributed by atoms with Crippen molar-refractivity contribution in [2.75, 3.05) is 49.4 Å². The van der Waals surface area contributed by atoms with Crippen LogP contribution in [0.3, 0.4) is 0 Å². The quantitative estimate of drug-likeness (QED) is 0.106. The Kier molecular flexibility index (Phi) is 11.7. The number of carbonyl (C=O) groups excluding carboxylic acids is 1. The number of nitrogens with zero attached hydrogens (tertiary/aromatic N) is 2. The maximum Gasteiger partial charge on any atom is 0.248 e. The molecule has 3 N–H and O–H groups in total. The number of alkyl halides is 1. The number of hydrogen-bond acceptors (Lipinski definition) is 8. The first-order valence-corrected chi connectivity index (χ1v) is 15.9. The first kappa shape index (κ1) is 33.0. The highest BCUT2D eigenvalue weighted by Crippen LogP contribution is 2.38. The molecular weight excluding hydrogens is 625 g/mol. The summed E-state index contributed by atoms with van der Waals surface area (Å²) in [6.07, 6.45) is 12.8. The maximum absolute atomic E-state index is 13.1. The molecule has 2 aromatic carbocycles. The Morgan fingerprint density at radius 1 is 1.22 bits per heavy atom. The van der Waals surface area contributed by atoms with Crippen molar-refractivity contribution in [1.82, 2.24) is 10.3 Å². The van der Waals surface area contributed by atoms with E-state index in [0.29, 0.717) is 69.1 Å². The van der Waals surface area contributed by atoms with Crippen LogP contribution in [-0.2, 0) is 9.53 Å². The van der Waals surface area contributed by atoms with Crippen LogP contribution in [0.1, 0.15) is 24.8 Å². The summed E-state index contributed by atoms with van der Waals surface area (Å²) in [6, 6.07) is 11.1. The van der Waals surface area contributed by atoms with E-state index in [1.54, 1.807) is 30.3 Å². The molecule has 9 nitrogen and oxygen atoms in total. The van der Waals surface area contributed by atoms with Gasteiger partial charge < -0.3 is 30.2 Å². The Balaban J connectivity index is 1.42. The molecule has 1 amide bonds. The second kappa shape index (κ2) is 16.3. The molecule has 0 aliphatic carbocycles. The summed E-state index contributed by atoms with van der Waals surface area (Å²) in [4.78, 5) is 17.7.